The van der Waals surface area contributed by atoms with Gasteiger partial charge in [0.1, 0.15) is 0 Å². The van der Waals surface area contributed by atoms with Crippen LogP contribution in [0.2, 0.25) is 0 Å². The molecule has 0 saturated carbocycles. The molecule has 0 saturated heterocycles. The molecule has 0 rings (SSSR count). The number of hydrogen-bond acceptors (Lipinski definition) is 0. The summed E-state index contributed by atoms with van der Waals surface area (Å²) in [4.78, 5) is 0. The Balaban J connectivity index is -0.0000000150. The first kappa shape index (κ1) is 23.7. The third kappa shape index (κ3) is 36.7. The number of allylic oxidation sites excluding steroid dienone is 1. The third-order valence-electron chi connectivity index (χ3n) is 0.289. The van der Waals surface area contributed by atoms with Gasteiger partial charge in [0.25, 0.3) is 0 Å². The molecule has 0 aromatic heterocycles. The summed E-state index contributed by atoms with van der Waals surface area (Å²) in [6.45, 7) is 5.54. The van der Waals surface area contributed by atoms with E-state index in [1.54, 1.807) is 0 Å². The summed E-state index contributed by atoms with van der Waals surface area (Å²) in [6, 6.07) is 0. The maximum atomic E-state index is 3.48. The predicted molar refractivity (Wildman–Crippen MR) is 26.2 cm³/mol. The van der Waals surface area contributed by atoms with Gasteiger partial charge in [-0.15, -0.1) is 6.58 Å². The molecular formula is C4H8Br2Mg. The molecule has 0 aliphatic carbocycles. The Morgan fingerprint density at radius 3 is 1.57 bits per heavy atom. The van der Waals surface area contributed by atoms with Crippen molar-refractivity contribution in [2.75, 3.05) is 0 Å². The van der Waals surface area contributed by atoms with E-state index in [-0.39, 0.29) is 57.0 Å². The van der Waals surface area contributed by atoms with E-state index in [1.165, 1.54) is 0 Å². The molecule has 0 fully saturated rings. The van der Waals surface area contributed by atoms with Gasteiger partial charge >= 0.3 is 23.1 Å². The van der Waals surface area contributed by atoms with Crippen molar-refractivity contribution in [3.63, 3.8) is 0 Å². The Morgan fingerprint density at radius 2 is 1.57 bits per heavy atom. The van der Waals surface area contributed by atoms with Gasteiger partial charge in [0.15, 0.2) is 0 Å². The Kier molecular flexibility index (Phi) is 87.8. The van der Waals surface area contributed by atoms with Crippen LogP contribution in [0.15, 0.2) is 12.7 Å². The monoisotopic (exact) mass is 238 g/mol. The van der Waals surface area contributed by atoms with Crippen LogP contribution in [0, 0.1) is 0 Å². The molecule has 0 aromatic carbocycles. The molecule has 0 atom stereocenters. The van der Waals surface area contributed by atoms with E-state index in [0.717, 1.165) is 6.42 Å². The molecule has 0 amide bonds. The van der Waals surface area contributed by atoms with Gasteiger partial charge in [-0.25, -0.2) is 0 Å². The van der Waals surface area contributed by atoms with Crippen LogP contribution in [-0.4, -0.2) is 23.1 Å². The third-order valence-corrected chi connectivity index (χ3v) is 0.289. The van der Waals surface area contributed by atoms with Crippen molar-refractivity contribution >= 4 is 23.1 Å². The molecule has 0 aromatic rings. The van der Waals surface area contributed by atoms with Crippen molar-refractivity contribution in [2.45, 2.75) is 13.3 Å². The smallest absolute Gasteiger partial charge is 1.00 e. The Bertz CT molecular complexity index is 23.7. The summed E-state index contributed by atoms with van der Waals surface area (Å²) in [6.07, 6.45) is 2.96. The van der Waals surface area contributed by atoms with E-state index in [2.05, 4.69) is 13.5 Å². The molecule has 7 heavy (non-hydrogen) atoms. The fourth-order valence-corrected chi connectivity index (χ4v) is 0. The SMILES string of the molecule is C=CCC.[Br-].[Br-].[Mg+2]. The first-order valence-corrected chi connectivity index (χ1v) is 1.52. The van der Waals surface area contributed by atoms with Crippen molar-refractivity contribution in [1.29, 1.82) is 0 Å². The zero-order chi connectivity index (χ0) is 3.41. The summed E-state index contributed by atoms with van der Waals surface area (Å²) in [7, 11) is 0. The second-order valence-electron chi connectivity index (χ2n) is 0.697. The van der Waals surface area contributed by atoms with Gasteiger partial charge < -0.3 is 34.0 Å². The molecule has 0 heterocycles. The van der Waals surface area contributed by atoms with Crippen LogP contribution in [0.3, 0.4) is 0 Å². The summed E-state index contributed by atoms with van der Waals surface area (Å²) in [5.41, 5.74) is 0. The minimum atomic E-state index is 0. The molecule has 0 bridgehead atoms. The van der Waals surface area contributed by atoms with Gasteiger partial charge in [-0.3, -0.25) is 0 Å². The number of halogens is 2. The molecular weight excluding hydrogens is 232 g/mol. The average Bonchev–Trinajstić information content (AvgIpc) is 1.37. The first-order chi connectivity index (χ1) is 1.91. The van der Waals surface area contributed by atoms with Crippen molar-refractivity contribution in [3.8, 4) is 0 Å². The molecule has 0 aliphatic heterocycles. The normalized spacial score (nSPS) is 3.57. The van der Waals surface area contributed by atoms with Crippen LogP contribution >= 0.6 is 0 Å². The summed E-state index contributed by atoms with van der Waals surface area (Å²) < 4.78 is 0. The van der Waals surface area contributed by atoms with Crippen LogP contribution in [-0.2, 0) is 0 Å². The first-order valence-electron chi connectivity index (χ1n) is 1.52. The molecule has 0 unspecified atom stereocenters. The molecule has 40 valence electrons. The summed E-state index contributed by atoms with van der Waals surface area (Å²) >= 11 is 0. The van der Waals surface area contributed by atoms with Gasteiger partial charge in [0, 0.05) is 0 Å². The molecule has 0 nitrogen and oxygen atoms in total. The van der Waals surface area contributed by atoms with E-state index in [0.29, 0.717) is 0 Å². The maximum absolute atomic E-state index is 3.48. The van der Waals surface area contributed by atoms with Gasteiger partial charge in [-0.1, -0.05) is 13.0 Å². The van der Waals surface area contributed by atoms with Crippen molar-refractivity contribution in [2.24, 2.45) is 0 Å². The second kappa shape index (κ2) is 26.0. The van der Waals surface area contributed by atoms with Crippen LogP contribution < -0.4 is 34.0 Å². The van der Waals surface area contributed by atoms with E-state index < -0.39 is 0 Å². The molecule has 3 heteroatoms. The van der Waals surface area contributed by atoms with E-state index in [9.17, 15) is 0 Å². The zero-order valence-corrected chi connectivity index (χ0v) is 9.04. The van der Waals surface area contributed by atoms with E-state index in [4.69, 9.17) is 0 Å². The maximum Gasteiger partial charge on any atom is 2.00 e. The fourth-order valence-electron chi connectivity index (χ4n) is 0. The number of hydrogen-bond donors (Lipinski definition) is 0. The van der Waals surface area contributed by atoms with Crippen LogP contribution in [0.25, 0.3) is 0 Å². The minimum Gasteiger partial charge on any atom is -1.00 e. The largest absolute Gasteiger partial charge is 2.00 e. The fraction of sp³-hybridized carbons (Fsp3) is 0.500. The van der Waals surface area contributed by atoms with Gasteiger partial charge in [0.05, 0.1) is 0 Å². The quantitative estimate of drug-likeness (QED) is 0.319. The van der Waals surface area contributed by atoms with Crippen LogP contribution in [0.5, 0.6) is 0 Å². The predicted octanol–water partition coefficient (Wildman–Crippen LogP) is -4.79. The van der Waals surface area contributed by atoms with Gasteiger partial charge in [-0.2, -0.15) is 0 Å². The summed E-state index contributed by atoms with van der Waals surface area (Å²) in [5.74, 6) is 0. The second-order valence-corrected chi connectivity index (χ2v) is 0.697. The van der Waals surface area contributed by atoms with Gasteiger partial charge in [-0.05, 0) is 6.42 Å². The Morgan fingerprint density at radius 1 is 1.43 bits per heavy atom. The van der Waals surface area contributed by atoms with Crippen LogP contribution in [0.4, 0.5) is 0 Å². The molecule has 0 radical (unpaired) electrons. The molecule has 0 N–H and O–H groups in total. The van der Waals surface area contributed by atoms with Crippen molar-refractivity contribution < 1.29 is 34.0 Å². The molecule has 0 spiro atoms. The molecule has 0 aliphatic rings. The number of rotatable bonds is 1. The van der Waals surface area contributed by atoms with Gasteiger partial charge in [0.2, 0.25) is 0 Å². The van der Waals surface area contributed by atoms with Crippen molar-refractivity contribution in [1.82, 2.24) is 0 Å². The van der Waals surface area contributed by atoms with E-state index in [1.807, 2.05) is 6.08 Å². The van der Waals surface area contributed by atoms with Crippen molar-refractivity contribution in [3.05, 3.63) is 12.7 Å². The Hall–Kier alpha value is 1.47. The minimum absolute atomic E-state index is 0. The van der Waals surface area contributed by atoms with E-state index >= 15 is 0 Å². The zero-order valence-electron chi connectivity index (χ0n) is 4.45. The van der Waals surface area contributed by atoms with Crippen LogP contribution in [0.1, 0.15) is 13.3 Å². The standard InChI is InChI=1S/C4H8.2BrH.Mg/c1-3-4-2;;;/h3H,1,4H2,2H3;2*1H;/q;;;+2/p-2. The Labute approximate surface area is 82.4 Å². The topological polar surface area (TPSA) is 0 Å². The average molecular weight is 240 g/mol. The summed E-state index contributed by atoms with van der Waals surface area (Å²) in [5, 5.41) is 0.